The summed E-state index contributed by atoms with van der Waals surface area (Å²) in [6.07, 6.45) is 1.41. The molecule has 1 aliphatic rings. The number of carbonyl (C=O) groups is 1. The van der Waals surface area contributed by atoms with Gasteiger partial charge in [-0.25, -0.2) is 4.79 Å². The fourth-order valence-electron chi connectivity index (χ4n) is 2.14. The number of hydrogen-bond acceptors (Lipinski definition) is 2. The molecule has 1 aliphatic carbocycles. The molecule has 4 nitrogen and oxygen atoms in total. The van der Waals surface area contributed by atoms with Crippen LogP contribution in [0.1, 0.15) is 40.0 Å². The second-order valence-corrected chi connectivity index (χ2v) is 4.99. The summed E-state index contributed by atoms with van der Waals surface area (Å²) >= 11 is 0. The van der Waals surface area contributed by atoms with E-state index in [1.54, 1.807) is 0 Å². The molecule has 0 atom stereocenters. The Morgan fingerprint density at radius 2 is 1.93 bits per heavy atom. The summed E-state index contributed by atoms with van der Waals surface area (Å²) in [4.78, 5) is 12.6. The lowest BCUT2D eigenvalue weighted by atomic mass is 10.0. The molecule has 1 amide bonds. The number of aliphatic hydroxyl groups is 1. The molecule has 1 saturated carbocycles. The Kier molecular flexibility index (Phi) is 2.76. The van der Waals surface area contributed by atoms with E-state index in [0.29, 0.717) is 6.42 Å². The molecule has 0 saturated heterocycles. The Morgan fingerprint density at radius 1 is 1.43 bits per heavy atom. The molecule has 0 heterocycles. The molecule has 0 bridgehead atoms. The SMILES string of the molecule is CC(C)(C)N(C(=O)O)C1(CCO)CC1. The van der Waals surface area contributed by atoms with Gasteiger partial charge in [0.2, 0.25) is 0 Å². The number of carboxylic acid groups (broad SMARTS) is 1. The van der Waals surface area contributed by atoms with Crippen LogP contribution in [0.4, 0.5) is 4.79 Å². The summed E-state index contributed by atoms with van der Waals surface area (Å²) in [6, 6.07) is 0. The van der Waals surface area contributed by atoms with Crippen molar-refractivity contribution in [2.45, 2.75) is 51.1 Å². The third-order valence-corrected chi connectivity index (χ3v) is 2.74. The first-order valence-electron chi connectivity index (χ1n) is 4.98. The van der Waals surface area contributed by atoms with Crippen LogP contribution in [-0.2, 0) is 0 Å². The summed E-state index contributed by atoms with van der Waals surface area (Å²) in [5.41, 5.74) is -0.684. The minimum Gasteiger partial charge on any atom is -0.465 e. The smallest absolute Gasteiger partial charge is 0.408 e. The van der Waals surface area contributed by atoms with Crippen molar-refractivity contribution in [1.29, 1.82) is 0 Å². The van der Waals surface area contributed by atoms with Crippen molar-refractivity contribution in [3.05, 3.63) is 0 Å². The number of rotatable bonds is 3. The third kappa shape index (κ3) is 2.00. The molecule has 0 aliphatic heterocycles. The normalized spacial score (nSPS) is 19.1. The van der Waals surface area contributed by atoms with E-state index in [4.69, 9.17) is 10.2 Å². The molecule has 1 rings (SSSR count). The molecule has 2 N–H and O–H groups in total. The highest BCUT2D eigenvalue weighted by Gasteiger charge is 2.53. The van der Waals surface area contributed by atoms with Crippen molar-refractivity contribution in [3.63, 3.8) is 0 Å². The quantitative estimate of drug-likeness (QED) is 0.730. The first-order chi connectivity index (χ1) is 6.33. The largest absolute Gasteiger partial charge is 0.465 e. The zero-order valence-corrected chi connectivity index (χ0v) is 9.08. The van der Waals surface area contributed by atoms with Crippen molar-refractivity contribution < 1.29 is 15.0 Å². The first-order valence-corrected chi connectivity index (χ1v) is 4.98. The summed E-state index contributed by atoms with van der Waals surface area (Å²) in [7, 11) is 0. The molecule has 82 valence electrons. The average molecular weight is 201 g/mol. The highest BCUT2D eigenvalue weighted by atomic mass is 16.4. The molecule has 0 unspecified atom stereocenters. The van der Waals surface area contributed by atoms with Gasteiger partial charge in [0.1, 0.15) is 0 Å². The Hall–Kier alpha value is -0.770. The van der Waals surface area contributed by atoms with Crippen LogP contribution >= 0.6 is 0 Å². The van der Waals surface area contributed by atoms with Crippen LogP contribution in [0.15, 0.2) is 0 Å². The van der Waals surface area contributed by atoms with Crippen molar-refractivity contribution in [1.82, 2.24) is 4.90 Å². The molecule has 1 fully saturated rings. The molecule has 0 aromatic heterocycles. The van der Waals surface area contributed by atoms with E-state index >= 15 is 0 Å². The van der Waals surface area contributed by atoms with Gasteiger partial charge in [0, 0.05) is 17.7 Å². The zero-order valence-electron chi connectivity index (χ0n) is 9.08. The molecule has 14 heavy (non-hydrogen) atoms. The Labute approximate surface area is 84.5 Å². The van der Waals surface area contributed by atoms with Crippen molar-refractivity contribution in [2.24, 2.45) is 0 Å². The Balaban J connectivity index is 2.84. The standard InChI is InChI=1S/C10H19NO3/c1-9(2,3)11(8(13)14)10(4-5-10)6-7-12/h12H,4-7H2,1-3H3,(H,13,14). The van der Waals surface area contributed by atoms with E-state index in [-0.39, 0.29) is 12.1 Å². The van der Waals surface area contributed by atoms with Gasteiger partial charge in [-0.3, -0.25) is 4.90 Å². The summed E-state index contributed by atoms with van der Waals surface area (Å²) in [6.45, 7) is 5.72. The van der Waals surface area contributed by atoms with Crippen molar-refractivity contribution in [2.75, 3.05) is 6.61 Å². The predicted octanol–water partition coefficient (Wildman–Crippen LogP) is 1.68. The maximum atomic E-state index is 11.2. The topological polar surface area (TPSA) is 60.8 Å². The van der Waals surface area contributed by atoms with Crippen molar-refractivity contribution >= 4 is 6.09 Å². The number of nitrogens with zero attached hydrogens (tertiary/aromatic N) is 1. The predicted molar refractivity (Wildman–Crippen MR) is 53.3 cm³/mol. The van der Waals surface area contributed by atoms with Gasteiger partial charge < -0.3 is 10.2 Å². The average Bonchev–Trinajstić information content (AvgIpc) is 2.65. The Bertz CT molecular complexity index is 228. The minimum atomic E-state index is -0.886. The zero-order chi connectivity index (χ0) is 11.0. The van der Waals surface area contributed by atoms with Crippen LogP contribution in [0, 0.1) is 0 Å². The van der Waals surface area contributed by atoms with Gasteiger partial charge in [-0.15, -0.1) is 0 Å². The van der Waals surface area contributed by atoms with E-state index in [2.05, 4.69) is 0 Å². The molecular weight excluding hydrogens is 182 g/mol. The number of amides is 1. The van der Waals surface area contributed by atoms with Crippen LogP contribution < -0.4 is 0 Å². The molecule has 0 aromatic carbocycles. The highest BCUT2D eigenvalue weighted by Crippen LogP contribution is 2.47. The molecule has 0 spiro atoms. The second-order valence-electron chi connectivity index (χ2n) is 4.99. The van der Waals surface area contributed by atoms with Crippen LogP contribution in [0.5, 0.6) is 0 Å². The molecule has 4 heteroatoms. The van der Waals surface area contributed by atoms with Gasteiger partial charge >= 0.3 is 6.09 Å². The monoisotopic (exact) mass is 201 g/mol. The summed E-state index contributed by atoms with van der Waals surface area (Å²) in [5, 5.41) is 18.1. The van der Waals surface area contributed by atoms with E-state index in [9.17, 15) is 4.79 Å². The second kappa shape index (κ2) is 3.42. The minimum absolute atomic E-state index is 0.0554. The van der Waals surface area contributed by atoms with Crippen LogP contribution in [-0.4, -0.2) is 38.9 Å². The lowest BCUT2D eigenvalue weighted by molar-refractivity contribution is 0.0504. The van der Waals surface area contributed by atoms with E-state index in [1.807, 2.05) is 20.8 Å². The lowest BCUT2D eigenvalue weighted by Gasteiger charge is -2.40. The molecule has 0 aromatic rings. The van der Waals surface area contributed by atoms with Gasteiger partial charge in [0.25, 0.3) is 0 Å². The van der Waals surface area contributed by atoms with Crippen molar-refractivity contribution in [3.8, 4) is 0 Å². The third-order valence-electron chi connectivity index (χ3n) is 2.74. The van der Waals surface area contributed by atoms with E-state index < -0.39 is 11.6 Å². The fourth-order valence-corrected chi connectivity index (χ4v) is 2.14. The number of hydrogen-bond donors (Lipinski definition) is 2. The molecular formula is C10H19NO3. The van der Waals surface area contributed by atoms with Gasteiger partial charge in [0.15, 0.2) is 0 Å². The maximum Gasteiger partial charge on any atom is 0.408 e. The summed E-state index contributed by atoms with van der Waals surface area (Å²) < 4.78 is 0. The maximum absolute atomic E-state index is 11.2. The van der Waals surface area contributed by atoms with Crippen LogP contribution in [0.2, 0.25) is 0 Å². The van der Waals surface area contributed by atoms with Crippen LogP contribution in [0.25, 0.3) is 0 Å². The van der Waals surface area contributed by atoms with Crippen LogP contribution in [0.3, 0.4) is 0 Å². The Morgan fingerprint density at radius 3 is 2.14 bits per heavy atom. The number of aliphatic hydroxyl groups excluding tert-OH is 1. The van der Waals surface area contributed by atoms with Gasteiger partial charge in [0.05, 0.1) is 0 Å². The van der Waals surface area contributed by atoms with Gasteiger partial charge in [-0.2, -0.15) is 0 Å². The first kappa shape index (κ1) is 11.3. The molecule has 0 radical (unpaired) electrons. The summed E-state index contributed by atoms with van der Waals surface area (Å²) in [5.74, 6) is 0. The van der Waals surface area contributed by atoms with Gasteiger partial charge in [-0.1, -0.05) is 0 Å². The fraction of sp³-hybridized carbons (Fsp3) is 0.900. The lowest BCUT2D eigenvalue weighted by Crippen LogP contribution is -2.53. The van der Waals surface area contributed by atoms with Gasteiger partial charge in [-0.05, 0) is 40.0 Å². The van der Waals surface area contributed by atoms with E-state index in [0.717, 1.165) is 12.8 Å². The highest BCUT2D eigenvalue weighted by molar-refractivity contribution is 5.68. The van der Waals surface area contributed by atoms with E-state index in [1.165, 1.54) is 4.90 Å².